The summed E-state index contributed by atoms with van der Waals surface area (Å²) in [4.78, 5) is 38.7. The van der Waals surface area contributed by atoms with Crippen molar-refractivity contribution in [3.8, 4) is 5.75 Å². The molecule has 1 fully saturated rings. The van der Waals surface area contributed by atoms with Crippen LogP contribution < -0.4 is 4.74 Å². The number of halogens is 1. The van der Waals surface area contributed by atoms with Crippen LogP contribution in [0.3, 0.4) is 0 Å². The molecule has 5 nitrogen and oxygen atoms in total. The average Bonchev–Trinajstić information content (AvgIpc) is 3.32. The first-order valence-electron chi connectivity index (χ1n) is 8.68. The number of esters is 1. The lowest BCUT2D eigenvalue weighted by Gasteiger charge is -2.23. The fraction of sp³-hybridized carbons (Fsp3) is 0.450. The van der Waals surface area contributed by atoms with Crippen molar-refractivity contribution in [1.29, 1.82) is 0 Å². The molecule has 2 aromatic rings. The van der Waals surface area contributed by atoms with Crippen LogP contribution in [-0.4, -0.2) is 30.2 Å². The Morgan fingerprint density at radius 3 is 2.44 bits per heavy atom. The normalized spacial score (nSPS) is 15.4. The minimum Gasteiger partial charge on any atom is -0.495 e. The SMILES string of the molecule is COc1csc2c(C(=O)C(C(=O)OC(C)(C)C)C(=O)C3CC3)ccc(Cl)c12. The zero-order valence-corrected chi connectivity index (χ0v) is 17.2. The molecule has 1 aliphatic carbocycles. The van der Waals surface area contributed by atoms with E-state index in [1.807, 2.05) is 0 Å². The second-order valence-corrected chi connectivity index (χ2v) is 8.90. The first kappa shape index (κ1) is 19.8. The molecule has 1 heterocycles. The van der Waals surface area contributed by atoms with Gasteiger partial charge in [0.15, 0.2) is 17.5 Å². The molecule has 1 unspecified atom stereocenters. The Kier molecular flexibility index (Phi) is 5.32. The first-order chi connectivity index (χ1) is 12.6. The third-order valence-corrected chi connectivity index (χ3v) is 5.60. The van der Waals surface area contributed by atoms with Crippen molar-refractivity contribution in [2.24, 2.45) is 11.8 Å². The molecule has 0 N–H and O–H groups in total. The fourth-order valence-electron chi connectivity index (χ4n) is 2.90. The van der Waals surface area contributed by atoms with Crippen LogP contribution in [0.15, 0.2) is 17.5 Å². The van der Waals surface area contributed by atoms with Crippen LogP contribution in [0.2, 0.25) is 5.02 Å². The van der Waals surface area contributed by atoms with Gasteiger partial charge in [-0.3, -0.25) is 14.4 Å². The van der Waals surface area contributed by atoms with E-state index in [9.17, 15) is 14.4 Å². The lowest BCUT2D eigenvalue weighted by Crippen LogP contribution is -2.38. The summed E-state index contributed by atoms with van der Waals surface area (Å²) in [7, 11) is 1.52. The van der Waals surface area contributed by atoms with Crippen molar-refractivity contribution in [3.05, 3.63) is 28.1 Å². The summed E-state index contributed by atoms with van der Waals surface area (Å²) in [5.74, 6) is -2.84. The molecule has 1 aromatic carbocycles. The van der Waals surface area contributed by atoms with Gasteiger partial charge in [0.25, 0.3) is 0 Å². The van der Waals surface area contributed by atoms with Crippen molar-refractivity contribution >= 4 is 50.6 Å². The molecule has 0 radical (unpaired) electrons. The van der Waals surface area contributed by atoms with E-state index in [4.69, 9.17) is 21.1 Å². The highest BCUT2D eigenvalue weighted by Crippen LogP contribution is 2.41. The van der Waals surface area contributed by atoms with E-state index >= 15 is 0 Å². The van der Waals surface area contributed by atoms with Gasteiger partial charge in [-0.1, -0.05) is 11.6 Å². The standard InChI is InChI=1S/C20H21ClO5S/c1-20(2,3)26-19(24)15(16(22)10-5-6-10)17(23)11-7-8-12(21)14-13(25-4)9-27-18(11)14/h7-10,15H,5-6H2,1-4H3. The van der Waals surface area contributed by atoms with Gasteiger partial charge in [-0.2, -0.15) is 0 Å². The van der Waals surface area contributed by atoms with E-state index in [0.29, 0.717) is 33.7 Å². The molecule has 0 aliphatic heterocycles. The minimum absolute atomic E-state index is 0.243. The summed E-state index contributed by atoms with van der Waals surface area (Å²) in [6.07, 6.45) is 1.41. The largest absolute Gasteiger partial charge is 0.495 e. The van der Waals surface area contributed by atoms with Gasteiger partial charge in [0, 0.05) is 16.9 Å². The predicted octanol–water partition coefficient (Wildman–Crippen LogP) is 4.68. The highest BCUT2D eigenvalue weighted by Gasteiger charge is 2.45. The quantitative estimate of drug-likeness (QED) is 0.394. The number of hydrogen-bond acceptors (Lipinski definition) is 6. The van der Waals surface area contributed by atoms with Gasteiger partial charge in [0.2, 0.25) is 0 Å². The van der Waals surface area contributed by atoms with Gasteiger partial charge >= 0.3 is 5.97 Å². The van der Waals surface area contributed by atoms with E-state index in [-0.39, 0.29) is 17.3 Å². The van der Waals surface area contributed by atoms with E-state index in [1.54, 1.807) is 38.3 Å². The lowest BCUT2D eigenvalue weighted by atomic mass is 9.90. The topological polar surface area (TPSA) is 69.7 Å². The molecule has 1 aliphatic rings. The maximum absolute atomic E-state index is 13.3. The maximum Gasteiger partial charge on any atom is 0.325 e. The van der Waals surface area contributed by atoms with Crippen LogP contribution in [0, 0.1) is 11.8 Å². The Balaban J connectivity index is 2.05. The number of fused-ring (bicyclic) bond motifs is 1. The number of benzene rings is 1. The van der Waals surface area contributed by atoms with Crippen LogP contribution in [-0.2, 0) is 14.3 Å². The Morgan fingerprint density at radius 2 is 1.89 bits per heavy atom. The Hall–Kier alpha value is -1.92. The number of thiophene rings is 1. The van der Waals surface area contributed by atoms with Gasteiger partial charge in [0.1, 0.15) is 11.4 Å². The zero-order chi connectivity index (χ0) is 19.9. The van der Waals surface area contributed by atoms with Gasteiger partial charge < -0.3 is 9.47 Å². The molecular formula is C20H21ClO5S. The summed E-state index contributed by atoms with van der Waals surface area (Å²) in [6.45, 7) is 5.12. The van der Waals surface area contributed by atoms with Gasteiger partial charge in [-0.05, 0) is 45.7 Å². The van der Waals surface area contributed by atoms with Gasteiger partial charge in [-0.25, -0.2) is 0 Å². The molecule has 0 spiro atoms. The van der Waals surface area contributed by atoms with Crippen LogP contribution in [0.5, 0.6) is 5.75 Å². The molecule has 1 saturated carbocycles. The lowest BCUT2D eigenvalue weighted by molar-refractivity contribution is -0.160. The highest BCUT2D eigenvalue weighted by molar-refractivity contribution is 7.18. The van der Waals surface area contributed by atoms with Crippen molar-refractivity contribution < 1.29 is 23.9 Å². The number of carbonyl (C=O) groups excluding carboxylic acids is 3. The number of carbonyl (C=O) groups is 3. The predicted molar refractivity (Wildman–Crippen MR) is 105 cm³/mol. The fourth-order valence-corrected chi connectivity index (χ4v) is 4.27. The van der Waals surface area contributed by atoms with Crippen molar-refractivity contribution in [1.82, 2.24) is 0 Å². The van der Waals surface area contributed by atoms with Gasteiger partial charge in [-0.15, -0.1) is 11.3 Å². The van der Waals surface area contributed by atoms with Gasteiger partial charge in [0.05, 0.1) is 22.2 Å². The second-order valence-electron chi connectivity index (χ2n) is 7.61. The third kappa shape index (κ3) is 4.01. The second kappa shape index (κ2) is 7.24. The maximum atomic E-state index is 13.3. The number of ketones is 2. The summed E-state index contributed by atoms with van der Waals surface area (Å²) in [6, 6.07) is 3.14. The Morgan fingerprint density at radius 1 is 1.22 bits per heavy atom. The summed E-state index contributed by atoms with van der Waals surface area (Å²) < 4.78 is 11.3. The zero-order valence-electron chi connectivity index (χ0n) is 15.6. The van der Waals surface area contributed by atoms with Crippen LogP contribution >= 0.6 is 22.9 Å². The van der Waals surface area contributed by atoms with Crippen molar-refractivity contribution in [2.75, 3.05) is 7.11 Å². The van der Waals surface area contributed by atoms with Crippen molar-refractivity contribution in [2.45, 2.75) is 39.2 Å². The highest BCUT2D eigenvalue weighted by atomic mass is 35.5. The first-order valence-corrected chi connectivity index (χ1v) is 9.94. The van der Waals surface area contributed by atoms with E-state index in [0.717, 1.165) is 0 Å². The number of rotatable bonds is 6. The molecule has 0 amide bonds. The van der Waals surface area contributed by atoms with E-state index in [2.05, 4.69) is 0 Å². The molecule has 27 heavy (non-hydrogen) atoms. The molecule has 1 aromatic heterocycles. The van der Waals surface area contributed by atoms with Crippen LogP contribution in [0.25, 0.3) is 10.1 Å². The molecule has 0 saturated heterocycles. The van der Waals surface area contributed by atoms with E-state index < -0.39 is 23.3 Å². The number of Topliss-reactive ketones (excluding diaryl/α,β-unsaturated/α-hetero) is 2. The monoisotopic (exact) mass is 408 g/mol. The molecule has 7 heteroatoms. The Labute approximate surface area is 166 Å². The third-order valence-electron chi connectivity index (χ3n) is 4.29. The number of methoxy groups -OCH3 is 1. The molecule has 0 bridgehead atoms. The minimum atomic E-state index is -1.45. The molecule has 3 rings (SSSR count). The molecular weight excluding hydrogens is 388 g/mol. The summed E-state index contributed by atoms with van der Waals surface area (Å²) in [5.41, 5.74) is -0.506. The summed E-state index contributed by atoms with van der Waals surface area (Å²) in [5, 5.41) is 2.80. The van der Waals surface area contributed by atoms with E-state index in [1.165, 1.54) is 18.4 Å². The summed E-state index contributed by atoms with van der Waals surface area (Å²) >= 11 is 7.56. The molecule has 144 valence electrons. The van der Waals surface area contributed by atoms with Crippen LogP contribution in [0.4, 0.5) is 0 Å². The molecule has 1 atom stereocenters. The van der Waals surface area contributed by atoms with Crippen molar-refractivity contribution in [3.63, 3.8) is 0 Å². The number of ether oxygens (including phenoxy) is 2. The van der Waals surface area contributed by atoms with Crippen LogP contribution in [0.1, 0.15) is 44.0 Å². The smallest absolute Gasteiger partial charge is 0.325 e. The average molecular weight is 409 g/mol. The Bertz CT molecular complexity index is 920. The number of hydrogen-bond donors (Lipinski definition) is 0.